The van der Waals surface area contributed by atoms with E-state index in [1.54, 1.807) is 7.11 Å². The Morgan fingerprint density at radius 3 is 2.44 bits per heavy atom. The average molecular weight is 464 g/mol. The van der Waals surface area contributed by atoms with Gasteiger partial charge < -0.3 is 9.47 Å². The molecule has 4 rings (SSSR count). The lowest BCUT2D eigenvalue weighted by Crippen LogP contribution is -2.16. The van der Waals surface area contributed by atoms with Crippen molar-refractivity contribution in [2.45, 2.75) is 49.0 Å². The van der Waals surface area contributed by atoms with Gasteiger partial charge in [0, 0.05) is 17.4 Å². The van der Waals surface area contributed by atoms with Gasteiger partial charge in [-0.2, -0.15) is 13.2 Å². The van der Waals surface area contributed by atoms with E-state index in [1.165, 1.54) is 23.9 Å². The highest BCUT2D eigenvalue weighted by Gasteiger charge is 2.30. The summed E-state index contributed by atoms with van der Waals surface area (Å²) >= 11 is 1.47. The third kappa shape index (κ3) is 5.10. The molecule has 32 heavy (non-hydrogen) atoms. The van der Waals surface area contributed by atoms with Crippen molar-refractivity contribution in [3.05, 3.63) is 59.7 Å². The number of nitrogens with zero attached hydrogens (tertiary/aromatic N) is 3. The Morgan fingerprint density at radius 2 is 1.84 bits per heavy atom. The van der Waals surface area contributed by atoms with E-state index in [9.17, 15) is 13.2 Å². The molecule has 9 heteroatoms. The molecular weight excluding hydrogens is 439 g/mol. The van der Waals surface area contributed by atoms with Crippen LogP contribution in [0, 0.1) is 0 Å². The fraction of sp³-hybridized carbons (Fsp3) is 0.391. The summed E-state index contributed by atoms with van der Waals surface area (Å²) in [5, 5.41) is 9.44. The second kappa shape index (κ2) is 9.54. The number of ether oxygens (including phenoxy) is 2. The van der Waals surface area contributed by atoms with E-state index in [2.05, 4.69) is 10.2 Å². The van der Waals surface area contributed by atoms with Gasteiger partial charge >= 0.3 is 6.18 Å². The molecule has 0 amide bonds. The van der Waals surface area contributed by atoms with Crippen LogP contribution in [0.3, 0.4) is 0 Å². The summed E-state index contributed by atoms with van der Waals surface area (Å²) in [5.74, 6) is 1.48. The molecule has 0 N–H and O–H groups in total. The molecule has 1 aliphatic heterocycles. The zero-order chi connectivity index (χ0) is 22.7. The first-order chi connectivity index (χ1) is 15.3. The van der Waals surface area contributed by atoms with Crippen molar-refractivity contribution in [2.24, 2.45) is 0 Å². The first kappa shape index (κ1) is 22.7. The first-order valence-corrected chi connectivity index (χ1v) is 11.3. The van der Waals surface area contributed by atoms with Crippen molar-refractivity contribution in [3.63, 3.8) is 0 Å². The van der Waals surface area contributed by atoms with Crippen LogP contribution in [-0.4, -0.2) is 34.6 Å². The molecule has 0 saturated carbocycles. The Morgan fingerprint density at radius 1 is 1.12 bits per heavy atom. The van der Waals surface area contributed by atoms with Gasteiger partial charge in [0.2, 0.25) is 0 Å². The standard InChI is InChI=1S/C23H24F3N3O2S/c1-15(16-5-9-18(10-6-16)23(24,25)26)32-22-28-27-21(17-7-11-19(30-2)12-8-17)29(22)14-20-4-3-13-31-20/h5-12,15,20H,3-4,13-14H2,1-2H3. The van der Waals surface area contributed by atoms with Crippen LogP contribution in [0.15, 0.2) is 53.7 Å². The monoisotopic (exact) mass is 463 g/mol. The fourth-order valence-corrected chi connectivity index (χ4v) is 4.64. The largest absolute Gasteiger partial charge is 0.497 e. The van der Waals surface area contributed by atoms with Gasteiger partial charge in [-0.1, -0.05) is 23.9 Å². The second-order valence-corrected chi connectivity index (χ2v) is 8.97. The molecule has 1 aliphatic rings. The zero-order valence-electron chi connectivity index (χ0n) is 17.8. The minimum Gasteiger partial charge on any atom is -0.497 e. The number of hydrogen-bond donors (Lipinski definition) is 0. The Bertz CT molecular complexity index is 1030. The summed E-state index contributed by atoms with van der Waals surface area (Å²) in [7, 11) is 1.62. The molecule has 5 nitrogen and oxygen atoms in total. The molecule has 0 radical (unpaired) electrons. The first-order valence-electron chi connectivity index (χ1n) is 10.4. The molecule has 0 bridgehead atoms. The van der Waals surface area contributed by atoms with Gasteiger partial charge in [-0.05, 0) is 61.7 Å². The molecule has 1 fully saturated rings. The molecule has 0 aliphatic carbocycles. The highest BCUT2D eigenvalue weighted by atomic mass is 32.2. The van der Waals surface area contributed by atoms with Crippen molar-refractivity contribution >= 4 is 11.8 Å². The number of benzene rings is 2. The average Bonchev–Trinajstić information content (AvgIpc) is 3.44. The zero-order valence-corrected chi connectivity index (χ0v) is 18.6. The molecule has 2 heterocycles. The van der Waals surface area contributed by atoms with Crippen LogP contribution >= 0.6 is 11.8 Å². The Balaban J connectivity index is 1.60. The van der Waals surface area contributed by atoms with E-state index in [0.717, 1.165) is 54.3 Å². The Hall–Kier alpha value is -2.52. The Labute approximate surface area is 188 Å². The van der Waals surface area contributed by atoms with E-state index >= 15 is 0 Å². The van der Waals surface area contributed by atoms with Gasteiger partial charge in [-0.25, -0.2) is 0 Å². The van der Waals surface area contributed by atoms with Gasteiger partial charge in [-0.15, -0.1) is 10.2 Å². The lowest BCUT2D eigenvalue weighted by Gasteiger charge is -2.17. The number of methoxy groups -OCH3 is 1. The molecule has 0 spiro atoms. The summed E-state index contributed by atoms with van der Waals surface area (Å²) in [6.45, 7) is 3.32. The highest BCUT2D eigenvalue weighted by molar-refractivity contribution is 7.99. The minimum atomic E-state index is -4.34. The molecule has 3 aromatic rings. The van der Waals surface area contributed by atoms with E-state index in [1.807, 2.05) is 35.8 Å². The summed E-state index contributed by atoms with van der Waals surface area (Å²) < 4.78 is 51.8. The van der Waals surface area contributed by atoms with E-state index < -0.39 is 11.7 Å². The maximum Gasteiger partial charge on any atom is 0.416 e. The molecule has 2 atom stereocenters. The molecule has 170 valence electrons. The van der Waals surface area contributed by atoms with E-state index in [-0.39, 0.29) is 11.4 Å². The summed E-state index contributed by atoms with van der Waals surface area (Å²) in [4.78, 5) is 0. The topological polar surface area (TPSA) is 49.2 Å². The van der Waals surface area contributed by atoms with Crippen molar-refractivity contribution in [1.29, 1.82) is 0 Å². The molecule has 1 aromatic heterocycles. The number of hydrogen-bond acceptors (Lipinski definition) is 5. The minimum absolute atomic E-state index is 0.0868. The van der Waals surface area contributed by atoms with Crippen LogP contribution in [0.5, 0.6) is 5.75 Å². The Kier molecular flexibility index (Phi) is 6.76. The lowest BCUT2D eigenvalue weighted by molar-refractivity contribution is -0.137. The van der Waals surface area contributed by atoms with Crippen LogP contribution in [0.2, 0.25) is 0 Å². The summed E-state index contributed by atoms with van der Waals surface area (Å²) in [6.07, 6.45) is -2.26. The number of alkyl halides is 3. The maximum atomic E-state index is 12.9. The van der Waals surface area contributed by atoms with Crippen molar-refractivity contribution in [2.75, 3.05) is 13.7 Å². The molecule has 2 aromatic carbocycles. The molecular formula is C23H24F3N3O2S. The van der Waals surface area contributed by atoms with Crippen molar-refractivity contribution < 1.29 is 22.6 Å². The van der Waals surface area contributed by atoms with Crippen LogP contribution in [-0.2, 0) is 17.5 Å². The van der Waals surface area contributed by atoms with Crippen LogP contribution in [0.25, 0.3) is 11.4 Å². The summed E-state index contributed by atoms with van der Waals surface area (Å²) in [5.41, 5.74) is 1.05. The predicted octanol–water partition coefficient (Wildman–Crippen LogP) is 6.00. The van der Waals surface area contributed by atoms with E-state index in [0.29, 0.717) is 11.7 Å². The predicted molar refractivity (Wildman–Crippen MR) is 117 cm³/mol. The van der Waals surface area contributed by atoms with Gasteiger partial charge in [0.1, 0.15) is 5.75 Å². The van der Waals surface area contributed by atoms with Crippen molar-refractivity contribution in [1.82, 2.24) is 14.8 Å². The normalized spacial score (nSPS) is 17.5. The number of aromatic nitrogens is 3. The molecule has 2 unspecified atom stereocenters. The molecule has 1 saturated heterocycles. The summed E-state index contributed by atoms with van der Waals surface area (Å²) in [6, 6.07) is 12.9. The lowest BCUT2D eigenvalue weighted by atomic mass is 10.1. The van der Waals surface area contributed by atoms with Gasteiger partial charge in [0.05, 0.1) is 25.3 Å². The van der Waals surface area contributed by atoms with Gasteiger partial charge in [-0.3, -0.25) is 4.57 Å². The maximum absolute atomic E-state index is 12.9. The van der Waals surface area contributed by atoms with Crippen LogP contribution < -0.4 is 4.74 Å². The fourth-order valence-electron chi connectivity index (χ4n) is 3.66. The number of halogens is 3. The third-order valence-electron chi connectivity index (χ3n) is 5.46. The smallest absolute Gasteiger partial charge is 0.416 e. The SMILES string of the molecule is COc1ccc(-c2nnc(SC(C)c3ccc(C(F)(F)F)cc3)n2CC2CCCO2)cc1. The second-order valence-electron chi connectivity index (χ2n) is 7.66. The van der Waals surface area contributed by atoms with Crippen LogP contribution in [0.1, 0.15) is 36.1 Å². The third-order valence-corrected chi connectivity index (χ3v) is 6.60. The van der Waals surface area contributed by atoms with E-state index in [4.69, 9.17) is 9.47 Å². The van der Waals surface area contributed by atoms with Gasteiger partial charge in [0.25, 0.3) is 0 Å². The van der Waals surface area contributed by atoms with Crippen molar-refractivity contribution in [3.8, 4) is 17.1 Å². The van der Waals surface area contributed by atoms with Gasteiger partial charge in [0.15, 0.2) is 11.0 Å². The highest BCUT2D eigenvalue weighted by Crippen LogP contribution is 2.37. The van der Waals surface area contributed by atoms with Crippen LogP contribution in [0.4, 0.5) is 13.2 Å². The quantitative estimate of drug-likeness (QED) is 0.402. The number of thioether (sulfide) groups is 1. The number of rotatable bonds is 7.